The van der Waals surface area contributed by atoms with Gasteiger partial charge in [-0.3, -0.25) is 0 Å². The van der Waals surface area contributed by atoms with Gasteiger partial charge >= 0.3 is 0 Å². The summed E-state index contributed by atoms with van der Waals surface area (Å²) in [6.45, 7) is 13.6. The monoisotopic (exact) mass is 195 g/mol. The maximum absolute atomic E-state index is 3.75. The van der Waals surface area contributed by atoms with Crippen LogP contribution in [0, 0.1) is 0 Å². The molecule has 0 fully saturated rings. The summed E-state index contributed by atoms with van der Waals surface area (Å²) in [5.74, 6) is 0. The van der Waals surface area contributed by atoms with Crippen molar-refractivity contribution in [3.8, 4) is 0 Å². The standard InChI is InChI=1S/C11H19N.C2H6/c1-5-7-11(6-2)9-8-10(3)12-4;1-2/h5-7,10,12H,1-2,8-9H2,3-4H3;1-2H3/b11-7+;. The van der Waals surface area contributed by atoms with Crippen molar-refractivity contribution in [2.24, 2.45) is 0 Å². The van der Waals surface area contributed by atoms with Crippen molar-refractivity contribution >= 4 is 0 Å². The van der Waals surface area contributed by atoms with Gasteiger partial charge in [0.2, 0.25) is 0 Å². The molecule has 0 aliphatic rings. The summed E-state index contributed by atoms with van der Waals surface area (Å²) in [6, 6.07) is 0.568. The lowest BCUT2D eigenvalue weighted by Crippen LogP contribution is -2.20. The van der Waals surface area contributed by atoms with E-state index in [0.717, 1.165) is 12.8 Å². The molecule has 0 saturated carbocycles. The molecule has 0 aromatic rings. The Hall–Kier alpha value is -0.820. The topological polar surface area (TPSA) is 12.0 Å². The number of hydrogen-bond acceptors (Lipinski definition) is 1. The van der Waals surface area contributed by atoms with Crippen LogP contribution in [0.4, 0.5) is 0 Å². The van der Waals surface area contributed by atoms with Crippen LogP contribution >= 0.6 is 0 Å². The smallest absolute Gasteiger partial charge is 0.00388 e. The van der Waals surface area contributed by atoms with E-state index in [-0.39, 0.29) is 0 Å². The van der Waals surface area contributed by atoms with Crippen LogP contribution in [0.2, 0.25) is 0 Å². The molecule has 0 aliphatic heterocycles. The van der Waals surface area contributed by atoms with Gasteiger partial charge in [0.05, 0.1) is 0 Å². The van der Waals surface area contributed by atoms with Crippen molar-refractivity contribution in [1.82, 2.24) is 5.32 Å². The number of rotatable bonds is 6. The van der Waals surface area contributed by atoms with Crippen LogP contribution in [0.5, 0.6) is 0 Å². The fourth-order valence-electron chi connectivity index (χ4n) is 0.932. The number of hydrogen-bond donors (Lipinski definition) is 1. The molecule has 1 N–H and O–H groups in total. The van der Waals surface area contributed by atoms with Gasteiger partial charge in [-0.25, -0.2) is 0 Å². The van der Waals surface area contributed by atoms with Crippen molar-refractivity contribution in [2.75, 3.05) is 7.05 Å². The van der Waals surface area contributed by atoms with Crippen LogP contribution in [0.1, 0.15) is 33.6 Å². The van der Waals surface area contributed by atoms with Gasteiger partial charge in [0.15, 0.2) is 0 Å². The van der Waals surface area contributed by atoms with Gasteiger partial charge in [-0.1, -0.05) is 45.2 Å². The van der Waals surface area contributed by atoms with Crippen LogP contribution in [-0.4, -0.2) is 13.1 Å². The van der Waals surface area contributed by atoms with E-state index in [9.17, 15) is 0 Å². The normalized spacial score (nSPS) is 12.4. The van der Waals surface area contributed by atoms with Crippen LogP contribution < -0.4 is 5.32 Å². The van der Waals surface area contributed by atoms with Gasteiger partial charge < -0.3 is 5.32 Å². The van der Waals surface area contributed by atoms with E-state index in [2.05, 4.69) is 25.4 Å². The first-order chi connectivity index (χ1) is 6.74. The largest absolute Gasteiger partial charge is 0.317 e. The summed E-state index contributed by atoms with van der Waals surface area (Å²) in [7, 11) is 1.98. The molecule has 1 atom stereocenters. The highest BCUT2D eigenvalue weighted by atomic mass is 14.8. The second-order valence-corrected chi connectivity index (χ2v) is 2.91. The fourth-order valence-corrected chi connectivity index (χ4v) is 0.932. The lowest BCUT2D eigenvalue weighted by atomic mass is 10.1. The predicted molar refractivity (Wildman–Crippen MR) is 67.6 cm³/mol. The molecular formula is C13H25N. The molecule has 0 rings (SSSR count). The van der Waals surface area contributed by atoms with Gasteiger partial charge in [0.1, 0.15) is 0 Å². The lowest BCUT2D eigenvalue weighted by Gasteiger charge is -2.09. The first kappa shape index (κ1) is 15.6. The minimum absolute atomic E-state index is 0.568. The van der Waals surface area contributed by atoms with Gasteiger partial charge in [-0.05, 0) is 32.4 Å². The lowest BCUT2D eigenvalue weighted by molar-refractivity contribution is 0.566. The van der Waals surface area contributed by atoms with Gasteiger partial charge in [0.25, 0.3) is 0 Å². The summed E-state index contributed by atoms with van der Waals surface area (Å²) >= 11 is 0. The van der Waals surface area contributed by atoms with Gasteiger partial charge in [0, 0.05) is 6.04 Å². The SMILES string of the molecule is C=C/C=C(\C=C)CCC(C)NC.CC. The molecule has 82 valence electrons. The molecule has 14 heavy (non-hydrogen) atoms. The molecule has 0 amide bonds. The minimum atomic E-state index is 0.568. The van der Waals surface area contributed by atoms with Crippen molar-refractivity contribution in [2.45, 2.75) is 39.7 Å². The Morgan fingerprint density at radius 3 is 2.29 bits per heavy atom. The molecule has 0 aliphatic carbocycles. The number of nitrogens with one attached hydrogen (secondary N) is 1. The second kappa shape index (κ2) is 12.2. The van der Waals surface area contributed by atoms with E-state index >= 15 is 0 Å². The summed E-state index contributed by atoms with van der Waals surface area (Å²) in [5.41, 5.74) is 1.26. The van der Waals surface area contributed by atoms with E-state index in [4.69, 9.17) is 0 Å². The van der Waals surface area contributed by atoms with E-state index in [1.54, 1.807) is 6.08 Å². The summed E-state index contributed by atoms with van der Waals surface area (Å²) < 4.78 is 0. The van der Waals surface area contributed by atoms with Crippen molar-refractivity contribution in [3.05, 3.63) is 37.0 Å². The Morgan fingerprint density at radius 1 is 1.36 bits per heavy atom. The van der Waals surface area contributed by atoms with Crippen molar-refractivity contribution < 1.29 is 0 Å². The molecule has 0 spiro atoms. The Kier molecular flexibility index (Phi) is 13.6. The van der Waals surface area contributed by atoms with Crippen LogP contribution in [-0.2, 0) is 0 Å². The Bertz CT molecular complexity index is 168. The average Bonchev–Trinajstić information content (AvgIpc) is 2.26. The fraction of sp³-hybridized carbons (Fsp3) is 0.538. The maximum Gasteiger partial charge on any atom is 0.00388 e. The molecular weight excluding hydrogens is 170 g/mol. The van der Waals surface area contributed by atoms with Crippen LogP contribution in [0.3, 0.4) is 0 Å². The van der Waals surface area contributed by atoms with Crippen molar-refractivity contribution in [1.29, 1.82) is 0 Å². The number of allylic oxidation sites excluding steroid dienone is 4. The van der Waals surface area contributed by atoms with Gasteiger partial charge in [-0.2, -0.15) is 0 Å². The first-order valence-electron chi connectivity index (χ1n) is 5.36. The zero-order valence-corrected chi connectivity index (χ0v) is 10.1. The molecule has 0 aromatic carbocycles. The molecule has 0 radical (unpaired) electrons. The third-order valence-electron chi connectivity index (χ3n) is 1.95. The molecule has 1 nitrogen and oxygen atoms in total. The summed E-state index contributed by atoms with van der Waals surface area (Å²) in [5, 5.41) is 3.20. The van der Waals surface area contributed by atoms with Gasteiger partial charge in [-0.15, -0.1) is 0 Å². The zero-order valence-electron chi connectivity index (χ0n) is 10.1. The zero-order chi connectivity index (χ0) is 11.4. The second-order valence-electron chi connectivity index (χ2n) is 2.91. The summed E-state index contributed by atoms with van der Waals surface area (Å²) in [6.07, 6.45) is 7.92. The Morgan fingerprint density at radius 2 is 1.93 bits per heavy atom. The first-order valence-corrected chi connectivity index (χ1v) is 5.36. The summed E-state index contributed by atoms with van der Waals surface area (Å²) in [4.78, 5) is 0. The Labute approximate surface area is 89.6 Å². The molecule has 0 heterocycles. The maximum atomic E-state index is 3.75. The van der Waals surface area contributed by atoms with E-state index in [1.807, 2.05) is 33.0 Å². The highest BCUT2D eigenvalue weighted by molar-refractivity contribution is 5.20. The highest BCUT2D eigenvalue weighted by Crippen LogP contribution is 2.08. The van der Waals surface area contributed by atoms with Crippen molar-refractivity contribution in [3.63, 3.8) is 0 Å². The molecule has 0 aromatic heterocycles. The highest BCUT2D eigenvalue weighted by Gasteiger charge is 1.98. The molecule has 1 unspecified atom stereocenters. The third kappa shape index (κ3) is 9.27. The Balaban J connectivity index is 0. The minimum Gasteiger partial charge on any atom is -0.317 e. The third-order valence-corrected chi connectivity index (χ3v) is 1.95. The van der Waals surface area contributed by atoms with E-state index in [1.165, 1.54) is 5.57 Å². The predicted octanol–water partition coefficient (Wildman–Crippen LogP) is 3.70. The molecule has 0 bridgehead atoms. The van der Waals surface area contributed by atoms with Crippen LogP contribution in [0.25, 0.3) is 0 Å². The quantitative estimate of drug-likeness (QED) is 0.637. The van der Waals surface area contributed by atoms with E-state index in [0.29, 0.717) is 6.04 Å². The average molecular weight is 195 g/mol. The molecule has 0 saturated heterocycles. The molecule has 1 heteroatoms. The van der Waals surface area contributed by atoms with Crippen LogP contribution in [0.15, 0.2) is 37.0 Å². The van der Waals surface area contributed by atoms with E-state index < -0.39 is 0 Å².